The van der Waals surface area contributed by atoms with Crippen LogP contribution in [0.4, 0.5) is 48.3 Å². The molecule has 2 nitrogen and oxygen atoms in total. The van der Waals surface area contributed by atoms with Gasteiger partial charge in [0.2, 0.25) is 0 Å². The Balaban J connectivity index is 2.45. The molecule has 1 aliphatic rings. The van der Waals surface area contributed by atoms with Crippen LogP contribution in [0.25, 0.3) is 0 Å². The average molecular weight is 568 g/mol. The Morgan fingerprint density at radius 3 is 1.60 bits per heavy atom. The van der Waals surface area contributed by atoms with Crippen LogP contribution >= 0.6 is 22.6 Å². The first-order valence-corrected chi connectivity index (χ1v) is 8.64. The van der Waals surface area contributed by atoms with Gasteiger partial charge in [0, 0.05) is 3.58 Å². The fraction of sp³-hybridized carbons (Fsp3) is 0.438. The highest BCUT2D eigenvalue weighted by molar-refractivity contribution is 14.1. The first kappa shape index (κ1) is 24.7. The van der Waals surface area contributed by atoms with Crippen molar-refractivity contribution in [2.45, 2.75) is 35.3 Å². The Labute approximate surface area is 174 Å². The lowest BCUT2D eigenvalue weighted by molar-refractivity contribution is -0.476. The number of esters is 1. The Morgan fingerprint density at radius 2 is 1.17 bits per heavy atom. The number of carbonyl (C=O) groups is 1. The van der Waals surface area contributed by atoms with E-state index in [1.807, 2.05) is 0 Å². The SMILES string of the molecule is O=C(OCC(I)=CC1(F)C(F)(F)C(F)(F)C(F)(F)C(F)(F)C1(F)F)c1ccccc1. The fourth-order valence-corrected chi connectivity index (χ4v) is 3.06. The standard InChI is InChI=1S/C16H8F11IO2/c17-11(6-9(28)7-30-10(29)8-4-2-1-3-5-8)12(18,19)14(22,23)16(26,27)15(24,25)13(11,20)21/h1-6H,7H2. The van der Waals surface area contributed by atoms with Gasteiger partial charge in [0.1, 0.15) is 6.61 Å². The lowest BCUT2D eigenvalue weighted by Gasteiger charge is -2.51. The molecule has 1 fully saturated rings. The minimum atomic E-state index is -7.28. The number of rotatable bonds is 4. The molecular formula is C16H8F11IO2. The van der Waals surface area contributed by atoms with E-state index in [0.717, 1.165) is 22.6 Å². The molecule has 1 aliphatic carbocycles. The van der Waals surface area contributed by atoms with Gasteiger partial charge in [-0.3, -0.25) is 0 Å². The summed E-state index contributed by atoms with van der Waals surface area (Å²) in [7, 11) is 0. The third-order valence-corrected chi connectivity index (χ3v) is 4.82. The predicted molar refractivity (Wildman–Crippen MR) is 87.4 cm³/mol. The molecule has 0 spiro atoms. The Bertz CT molecular complexity index is 822. The van der Waals surface area contributed by atoms with Gasteiger partial charge < -0.3 is 4.74 Å². The first-order valence-electron chi connectivity index (χ1n) is 7.56. The molecule has 0 radical (unpaired) electrons. The molecule has 0 heterocycles. The normalized spacial score (nSPS) is 25.4. The molecule has 30 heavy (non-hydrogen) atoms. The van der Waals surface area contributed by atoms with Gasteiger partial charge >= 0.3 is 35.6 Å². The molecule has 0 amide bonds. The zero-order valence-corrected chi connectivity index (χ0v) is 16.2. The molecule has 0 bridgehead atoms. The third-order valence-electron chi connectivity index (χ3n) is 4.20. The monoisotopic (exact) mass is 568 g/mol. The summed E-state index contributed by atoms with van der Waals surface area (Å²) in [6.45, 7) is -1.28. The second kappa shape index (κ2) is 7.22. The number of benzene rings is 1. The van der Waals surface area contributed by atoms with Crippen molar-refractivity contribution in [2.75, 3.05) is 6.61 Å². The van der Waals surface area contributed by atoms with E-state index in [1.165, 1.54) is 30.3 Å². The minimum Gasteiger partial charge on any atom is -0.457 e. The molecule has 0 aromatic heterocycles. The van der Waals surface area contributed by atoms with Crippen LogP contribution in [0.3, 0.4) is 0 Å². The maximum absolute atomic E-state index is 14.5. The summed E-state index contributed by atoms with van der Waals surface area (Å²) in [6, 6.07) is 6.60. The highest BCUT2D eigenvalue weighted by Gasteiger charge is 3.00. The molecular weight excluding hydrogens is 560 g/mol. The molecule has 0 atom stereocenters. The molecule has 1 aromatic carbocycles. The number of allylic oxidation sites excluding steroid dienone is 1. The van der Waals surface area contributed by atoms with Crippen molar-refractivity contribution in [3.8, 4) is 0 Å². The van der Waals surface area contributed by atoms with Crippen molar-refractivity contribution in [3.63, 3.8) is 0 Å². The summed E-state index contributed by atoms with van der Waals surface area (Å²) < 4.78 is 153. The summed E-state index contributed by atoms with van der Waals surface area (Å²) in [6.07, 6.45) is -1.07. The zero-order valence-electron chi connectivity index (χ0n) is 14.0. The fourth-order valence-electron chi connectivity index (χ4n) is 2.48. The molecule has 2 rings (SSSR count). The molecule has 168 valence electrons. The van der Waals surface area contributed by atoms with Crippen LogP contribution < -0.4 is 0 Å². The van der Waals surface area contributed by atoms with Crippen LogP contribution in [-0.2, 0) is 4.74 Å². The van der Waals surface area contributed by atoms with Gasteiger partial charge in [0.25, 0.3) is 5.67 Å². The van der Waals surface area contributed by atoms with Gasteiger partial charge in [-0.2, -0.15) is 43.9 Å². The van der Waals surface area contributed by atoms with E-state index in [1.54, 1.807) is 0 Å². The van der Waals surface area contributed by atoms with Crippen molar-refractivity contribution in [1.82, 2.24) is 0 Å². The van der Waals surface area contributed by atoms with Crippen LogP contribution in [0.1, 0.15) is 10.4 Å². The number of hydrogen-bond donors (Lipinski definition) is 0. The van der Waals surface area contributed by atoms with Gasteiger partial charge in [-0.1, -0.05) is 18.2 Å². The summed E-state index contributed by atoms with van der Waals surface area (Å²) in [5.41, 5.74) is -6.38. The van der Waals surface area contributed by atoms with Gasteiger partial charge in [-0.25, -0.2) is 9.18 Å². The third kappa shape index (κ3) is 3.07. The topological polar surface area (TPSA) is 26.3 Å². The van der Waals surface area contributed by atoms with Crippen LogP contribution in [0, 0.1) is 0 Å². The Kier molecular flexibility index (Phi) is 5.94. The van der Waals surface area contributed by atoms with Crippen molar-refractivity contribution in [3.05, 3.63) is 45.6 Å². The number of alkyl halides is 11. The van der Waals surface area contributed by atoms with Crippen LogP contribution in [0.15, 0.2) is 40.0 Å². The molecule has 0 unspecified atom stereocenters. The summed E-state index contributed by atoms with van der Waals surface area (Å²) in [5.74, 6) is -36.8. The lowest BCUT2D eigenvalue weighted by atomic mass is 9.72. The Hall–Kier alpha value is -1.61. The van der Waals surface area contributed by atoms with E-state index < -0.39 is 57.5 Å². The minimum absolute atomic E-state index is 0.136. The average Bonchev–Trinajstić information content (AvgIpc) is 2.65. The first-order chi connectivity index (χ1) is 13.4. The van der Waals surface area contributed by atoms with Gasteiger partial charge in [0.15, 0.2) is 0 Å². The van der Waals surface area contributed by atoms with Crippen molar-refractivity contribution < 1.29 is 57.8 Å². The van der Waals surface area contributed by atoms with Crippen LogP contribution in [0.5, 0.6) is 0 Å². The van der Waals surface area contributed by atoms with Gasteiger partial charge in [-0.15, -0.1) is 0 Å². The van der Waals surface area contributed by atoms with E-state index in [2.05, 4.69) is 4.74 Å². The maximum Gasteiger partial charge on any atom is 0.384 e. The predicted octanol–water partition coefficient (Wildman–Crippen LogP) is 6.06. The number of ether oxygens (including phenoxy) is 1. The number of halogens is 12. The summed E-state index contributed by atoms with van der Waals surface area (Å²) >= 11 is 0.772. The van der Waals surface area contributed by atoms with Crippen LogP contribution in [-0.4, -0.2) is 47.9 Å². The van der Waals surface area contributed by atoms with E-state index >= 15 is 0 Å². The van der Waals surface area contributed by atoms with Crippen molar-refractivity contribution in [2.24, 2.45) is 0 Å². The van der Waals surface area contributed by atoms with Gasteiger partial charge in [-0.05, 0) is 40.8 Å². The second-order valence-corrected chi connectivity index (χ2v) is 7.50. The number of hydrogen-bond acceptors (Lipinski definition) is 2. The molecule has 1 saturated carbocycles. The van der Waals surface area contributed by atoms with E-state index in [0.29, 0.717) is 0 Å². The second-order valence-electron chi connectivity index (χ2n) is 6.12. The van der Waals surface area contributed by atoms with E-state index in [-0.39, 0.29) is 5.56 Å². The maximum atomic E-state index is 14.5. The highest BCUT2D eigenvalue weighted by atomic mass is 127. The summed E-state index contributed by atoms with van der Waals surface area (Å²) in [4.78, 5) is 11.7. The Morgan fingerprint density at radius 1 is 0.767 bits per heavy atom. The molecule has 1 aromatic rings. The van der Waals surface area contributed by atoms with E-state index in [4.69, 9.17) is 0 Å². The zero-order chi connectivity index (χ0) is 23.4. The molecule has 0 N–H and O–H groups in total. The molecule has 14 heteroatoms. The largest absolute Gasteiger partial charge is 0.457 e. The lowest BCUT2D eigenvalue weighted by Crippen LogP contribution is -2.83. The molecule has 0 aliphatic heterocycles. The van der Waals surface area contributed by atoms with Gasteiger partial charge in [0.05, 0.1) is 5.56 Å². The quantitative estimate of drug-likeness (QED) is 0.251. The van der Waals surface area contributed by atoms with Crippen LogP contribution in [0.2, 0.25) is 0 Å². The smallest absolute Gasteiger partial charge is 0.384 e. The van der Waals surface area contributed by atoms with Crippen molar-refractivity contribution in [1.29, 1.82) is 0 Å². The molecule has 0 saturated heterocycles. The summed E-state index contributed by atoms with van der Waals surface area (Å²) in [5, 5.41) is 0. The van der Waals surface area contributed by atoms with Crippen molar-refractivity contribution >= 4 is 28.6 Å². The van der Waals surface area contributed by atoms with E-state index in [9.17, 15) is 53.1 Å². The highest BCUT2D eigenvalue weighted by Crippen LogP contribution is 2.69. The number of carbonyl (C=O) groups excluding carboxylic acids is 1.